The summed E-state index contributed by atoms with van der Waals surface area (Å²) in [5.74, 6) is 1.23. The molecule has 0 fully saturated rings. The molecule has 0 radical (unpaired) electrons. The number of halogens is 2. The minimum atomic E-state index is -0.0901. The van der Waals surface area contributed by atoms with Crippen LogP contribution in [-0.2, 0) is 17.8 Å². The second-order valence-electron chi connectivity index (χ2n) is 7.03. The Morgan fingerprint density at radius 3 is 2.55 bits per heavy atom. The molecule has 0 spiro atoms. The highest BCUT2D eigenvalue weighted by molar-refractivity contribution is 6.42. The third-order valence-corrected chi connectivity index (χ3v) is 5.68. The van der Waals surface area contributed by atoms with Crippen LogP contribution < -0.4 is 14.8 Å². The van der Waals surface area contributed by atoms with Crippen LogP contribution in [0.3, 0.4) is 0 Å². The van der Waals surface area contributed by atoms with Crippen LogP contribution in [0.4, 0.5) is 0 Å². The van der Waals surface area contributed by atoms with Gasteiger partial charge in [0, 0.05) is 17.8 Å². The highest BCUT2D eigenvalue weighted by Gasteiger charge is 2.17. The number of methoxy groups -OCH3 is 1. The molecule has 31 heavy (non-hydrogen) atoms. The fourth-order valence-corrected chi connectivity index (χ4v) is 3.61. The Hall–Kier alpha value is -2.70. The minimum absolute atomic E-state index is 0.0901. The lowest BCUT2D eigenvalue weighted by atomic mass is 10.1. The third-order valence-electron chi connectivity index (χ3n) is 4.94. The van der Waals surface area contributed by atoms with E-state index in [1.165, 1.54) is 0 Å². The van der Waals surface area contributed by atoms with Gasteiger partial charge in [0.15, 0.2) is 11.5 Å². The van der Waals surface area contributed by atoms with Crippen LogP contribution in [0.5, 0.6) is 11.5 Å². The number of aryl methyl sites for hydroxylation is 1. The number of hydrogen-bond donors (Lipinski definition) is 1. The molecule has 0 unspecified atom stereocenters. The van der Waals surface area contributed by atoms with E-state index in [1.807, 2.05) is 45.0 Å². The van der Waals surface area contributed by atoms with Crippen LogP contribution >= 0.6 is 23.2 Å². The van der Waals surface area contributed by atoms with Crippen molar-refractivity contribution in [1.29, 1.82) is 0 Å². The quantitative estimate of drug-likeness (QED) is 0.508. The number of benzene rings is 2. The lowest BCUT2D eigenvalue weighted by Gasteiger charge is -2.12. The van der Waals surface area contributed by atoms with Gasteiger partial charge in [0.1, 0.15) is 0 Å². The van der Waals surface area contributed by atoms with E-state index in [0.717, 1.165) is 28.2 Å². The van der Waals surface area contributed by atoms with E-state index in [0.29, 0.717) is 34.7 Å². The first-order chi connectivity index (χ1) is 14.8. The molecule has 3 aromatic rings. The van der Waals surface area contributed by atoms with Crippen molar-refractivity contribution in [2.45, 2.75) is 33.7 Å². The summed E-state index contributed by atoms with van der Waals surface area (Å²) in [6, 6.07) is 11.0. The number of hydrogen-bond acceptors (Lipinski definition) is 4. The molecule has 1 aromatic heterocycles. The van der Waals surface area contributed by atoms with Gasteiger partial charge in [-0.05, 0) is 56.7 Å². The average molecular weight is 462 g/mol. The van der Waals surface area contributed by atoms with E-state index in [2.05, 4.69) is 10.4 Å². The molecule has 164 valence electrons. The molecule has 3 rings (SSSR count). The van der Waals surface area contributed by atoms with Crippen LogP contribution in [0.25, 0.3) is 5.69 Å². The topological polar surface area (TPSA) is 65.4 Å². The Labute approximate surface area is 192 Å². The number of carbonyl (C=O) groups excluding carboxylic acids is 1. The smallest absolute Gasteiger partial charge is 0.224 e. The molecule has 0 aliphatic heterocycles. The van der Waals surface area contributed by atoms with Crippen molar-refractivity contribution >= 4 is 29.1 Å². The first-order valence-corrected chi connectivity index (χ1v) is 10.7. The van der Waals surface area contributed by atoms with E-state index < -0.39 is 0 Å². The maximum atomic E-state index is 12.6. The van der Waals surface area contributed by atoms with E-state index in [1.54, 1.807) is 23.9 Å². The highest BCUT2D eigenvalue weighted by Crippen LogP contribution is 2.28. The summed E-state index contributed by atoms with van der Waals surface area (Å²) in [4.78, 5) is 12.6. The summed E-state index contributed by atoms with van der Waals surface area (Å²) < 4.78 is 12.7. The van der Waals surface area contributed by atoms with Crippen LogP contribution in [-0.4, -0.2) is 29.4 Å². The standard InChI is InChI=1S/C23H25Cl2N3O3/c1-5-31-21-9-6-16(10-22(21)30-4)13-26-23(29)12-18-14(2)27-28(15(18)3)17-7-8-19(24)20(25)11-17/h6-11H,5,12-13H2,1-4H3,(H,26,29). The second-order valence-corrected chi connectivity index (χ2v) is 7.85. The molecule has 1 heterocycles. The molecule has 8 heteroatoms. The summed E-state index contributed by atoms with van der Waals surface area (Å²) >= 11 is 12.2. The largest absolute Gasteiger partial charge is 0.493 e. The molecule has 0 saturated heterocycles. The van der Waals surface area contributed by atoms with Gasteiger partial charge in [-0.25, -0.2) is 4.68 Å². The third kappa shape index (κ3) is 5.32. The summed E-state index contributed by atoms with van der Waals surface area (Å²) in [6.07, 6.45) is 0.229. The van der Waals surface area contributed by atoms with E-state index >= 15 is 0 Å². The zero-order valence-electron chi connectivity index (χ0n) is 18.0. The van der Waals surface area contributed by atoms with Crippen molar-refractivity contribution in [2.24, 2.45) is 0 Å². The predicted octanol–water partition coefficient (Wildman–Crippen LogP) is 5.06. The Balaban J connectivity index is 1.70. The van der Waals surface area contributed by atoms with Crippen LogP contribution in [0.15, 0.2) is 36.4 Å². The van der Waals surface area contributed by atoms with Crippen LogP contribution in [0.2, 0.25) is 10.0 Å². The van der Waals surface area contributed by atoms with Gasteiger partial charge in [0.05, 0.1) is 41.6 Å². The lowest BCUT2D eigenvalue weighted by Crippen LogP contribution is -2.25. The van der Waals surface area contributed by atoms with Gasteiger partial charge in [0.2, 0.25) is 5.91 Å². The van der Waals surface area contributed by atoms with E-state index in [9.17, 15) is 4.79 Å². The number of amides is 1. The molecule has 1 N–H and O–H groups in total. The van der Waals surface area contributed by atoms with Gasteiger partial charge in [0.25, 0.3) is 0 Å². The molecule has 0 bridgehead atoms. The van der Waals surface area contributed by atoms with Crippen molar-refractivity contribution in [2.75, 3.05) is 13.7 Å². The van der Waals surface area contributed by atoms with Crippen molar-refractivity contribution in [3.05, 3.63) is 69.0 Å². The molecular weight excluding hydrogens is 437 g/mol. The maximum Gasteiger partial charge on any atom is 0.224 e. The molecule has 0 aliphatic carbocycles. The molecule has 2 aromatic carbocycles. The zero-order valence-corrected chi connectivity index (χ0v) is 19.5. The molecule has 0 atom stereocenters. The number of nitrogens with zero attached hydrogens (tertiary/aromatic N) is 2. The molecule has 0 saturated carbocycles. The summed E-state index contributed by atoms with van der Waals surface area (Å²) in [6.45, 7) is 6.69. The molecule has 0 aliphatic rings. The van der Waals surface area contributed by atoms with Gasteiger partial charge in [-0.1, -0.05) is 29.3 Å². The Morgan fingerprint density at radius 1 is 1.10 bits per heavy atom. The van der Waals surface area contributed by atoms with E-state index in [-0.39, 0.29) is 12.3 Å². The molecular formula is C23H25Cl2N3O3. The monoisotopic (exact) mass is 461 g/mol. The van der Waals surface area contributed by atoms with Crippen molar-refractivity contribution in [3.63, 3.8) is 0 Å². The van der Waals surface area contributed by atoms with Gasteiger partial charge in [-0.15, -0.1) is 0 Å². The predicted molar refractivity (Wildman–Crippen MR) is 123 cm³/mol. The number of carbonyl (C=O) groups is 1. The first-order valence-electron chi connectivity index (χ1n) is 9.91. The van der Waals surface area contributed by atoms with Gasteiger partial charge >= 0.3 is 0 Å². The SMILES string of the molecule is CCOc1ccc(CNC(=O)Cc2c(C)nn(-c3ccc(Cl)c(Cl)c3)c2C)cc1OC. The van der Waals surface area contributed by atoms with Crippen LogP contribution in [0, 0.1) is 13.8 Å². The van der Waals surface area contributed by atoms with Crippen molar-refractivity contribution < 1.29 is 14.3 Å². The Bertz CT molecular complexity index is 1100. The number of rotatable bonds is 8. The maximum absolute atomic E-state index is 12.6. The average Bonchev–Trinajstić information content (AvgIpc) is 3.03. The highest BCUT2D eigenvalue weighted by atomic mass is 35.5. The van der Waals surface area contributed by atoms with Crippen molar-refractivity contribution in [1.82, 2.24) is 15.1 Å². The van der Waals surface area contributed by atoms with Crippen LogP contribution in [0.1, 0.15) is 29.4 Å². The fourth-order valence-electron chi connectivity index (χ4n) is 3.32. The summed E-state index contributed by atoms with van der Waals surface area (Å²) in [7, 11) is 1.59. The number of nitrogens with one attached hydrogen (secondary N) is 1. The van der Waals surface area contributed by atoms with Crippen molar-refractivity contribution in [3.8, 4) is 17.2 Å². The minimum Gasteiger partial charge on any atom is -0.493 e. The number of aromatic nitrogens is 2. The van der Waals surface area contributed by atoms with E-state index in [4.69, 9.17) is 32.7 Å². The van der Waals surface area contributed by atoms with Gasteiger partial charge in [-0.3, -0.25) is 4.79 Å². The summed E-state index contributed by atoms with van der Waals surface area (Å²) in [5, 5.41) is 8.48. The molecule has 6 nitrogen and oxygen atoms in total. The number of ether oxygens (including phenoxy) is 2. The molecule has 1 amide bonds. The lowest BCUT2D eigenvalue weighted by molar-refractivity contribution is -0.120. The van der Waals surface area contributed by atoms with Gasteiger partial charge in [-0.2, -0.15) is 5.10 Å². The summed E-state index contributed by atoms with van der Waals surface area (Å²) in [5.41, 5.74) is 4.28. The Morgan fingerprint density at radius 2 is 1.87 bits per heavy atom. The normalized spacial score (nSPS) is 10.8. The Kier molecular flexibility index (Phi) is 7.46. The fraction of sp³-hybridized carbons (Fsp3) is 0.304. The second kappa shape index (κ2) is 10.1. The van der Waals surface area contributed by atoms with Gasteiger partial charge < -0.3 is 14.8 Å². The first kappa shape index (κ1) is 23.0. The zero-order chi connectivity index (χ0) is 22.5.